The second kappa shape index (κ2) is 11.0. The van der Waals surface area contributed by atoms with E-state index < -0.39 is 10.0 Å². The number of sulfonamides is 1. The molecule has 184 valence electrons. The Hall–Kier alpha value is -1.86. The maximum absolute atomic E-state index is 13.4. The molecule has 0 aliphatic heterocycles. The topological polar surface area (TPSA) is 79.6 Å². The minimum absolute atomic E-state index is 0.135. The first-order valence-corrected chi connectivity index (χ1v) is 14.0. The molecule has 33 heavy (non-hydrogen) atoms. The van der Waals surface area contributed by atoms with Gasteiger partial charge in [0.05, 0.1) is 4.90 Å². The number of nitrogens with zero attached hydrogens (tertiary/aromatic N) is 1. The second-order valence-corrected chi connectivity index (χ2v) is 11.6. The summed E-state index contributed by atoms with van der Waals surface area (Å²) in [6.45, 7) is 11.4. The van der Waals surface area contributed by atoms with Gasteiger partial charge in [0.1, 0.15) is 5.58 Å². The molecular weight excluding hydrogens is 436 g/mol. The average Bonchev–Trinajstić information content (AvgIpc) is 3.13. The lowest BCUT2D eigenvalue weighted by Crippen LogP contribution is -2.43. The molecule has 0 spiro atoms. The first kappa shape index (κ1) is 25.8. The minimum atomic E-state index is -3.61. The molecule has 3 unspecified atom stereocenters. The standard InChI is InChI=1S/C26H40N2O4S/c1-6-8-15-28(16-9-7-2)33(30,31)21-13-14-24-22(17-21)20(5)25(32-24)26(29)27-23-12-10-11-18(3)19(23)4/h13-14,17-19,23H,6-12,15-16H2,1-5H3,(H,27,29). The third-order valence-corrected chi connectivity index (χ3v) is 9.19. The van der Waals surface area contributed by atoms with E-state index in [9.17, 15) is 13.2 Å². The van der Waals surface area contributed by atoms with E-state index in [4.69, 9.17) is 4.42 Å². The Morgan fingerprint density at radius 3 is 2.42 bits per heavy atom. The summed E-state index contributed by atoms with van der Waals surface area (Å²) in [5, 5.41) is 3.85. The maximum Gasteiger partial charge on any atom is 0.287 e. The first-order chi connectivity index (χ1) is 15.7. The Labute approximate surface area is 199 Å². The fraction of sp³-hybridized carbons (Fsp3) is 0.654. The molecule has 1 aromatic heterocycles. The highest BCUT2D eigenvalue weighted by atomic mass is 32.2. The monoisotopic (exact) mass is 476 g/mol. The van der Waals surface area contributed by atoms with Gasteiger partial charge in [-0.1, -0.05) is 53.4 Å². The van der Waals surface area contributed by atoms with Crippen molar-refractivity contribution < 1.29 is 17.6 Å². The molecule has 1 fully saturated rings. The number of amides is 1. The smallest absolute Gasteiger partial charge is 0.287 e. The van der Waals surface area contributed by atoms with Crippen molar-refractivity contribution in [3.63, 3.8) is 0 Å². The summed E-state index contributed by atoms with van der Waals surface area (Å²) in [6.07, 6.45) is 6.83. The van der Waals surface area contributed by atoms with Crippen LogP contribution in [0, 0.1) is 18.8 Å². The quantitative estimate of drug-likeness (QED) is 0.464. The fourth-order valence-electron chi connectivity index (χ4n) is 4.77. The molecule has 3 atom stereocenters. The Kier molecular flexibility index (Phi) is 8.62. The van der Waals surface area contributed by atoms with Gasteiger partial charge in [-0.15, -0.1) is 0 Å². The predicted molar refractivity (Wildman–Crippen MR) is 133 cm³/mol. The van der Waals surface area contributed by atoms with Gasteiger partial charge < -0.3 is 9.73 Å². The first-order valence-electron chi connectivity index (χ1n) is 12.5. The number of fused-ring (bicyclic) bond motifs is 1. The van der Waals surface area contributed by atoms with Gasteiger partial charge >= 0.3 is 0 Å². The van der Waals surface area contributed by atoms with E-state index in [0.717, 1.165) is 38.5 Å². The normalized spacial score (nSPS) is 21.6. The van der Waals surface area contributed by atoms with Crippen LogP contribution < -0.4 is 5.32 Å². The van der Waals surface area contributed by atoms with Gasteiger partial charge in [0.2, 0.25) is 10.0 Å². The van der Waals surface area contributed by atoms with Gasteiger partial charge in [-0.25, -0.2) is 8.42 Å². The number of hydrogen-bond donors (Lipinski definition) is 1. The lowest BCUT2D eigenvalue weighted by molar-refractivity contribution is 0.0864. The van der Waals surface area contributed by atoms with Crippen LogP contribution in [0.15, 0.2) is 27.5 Å². The number of rotatable bonds is 10. The summed E-state index contributed by atoms with van der Waals surface area (Å²) in [5.41, 5.74) is 1.22. The Balaban J connectivity index is 1.87. The third-order valence-electron chi connectivity index (χ3n) is 7.30. The lowest BCUT2D eigenvalue weighted by Gasteiger charge is -2.34. The summed E-state index contributed by atoms with van der Waals surface area (Å²) in [4.78, 5) is 13.3. The van der Waals surface area contributed by atoms with Crippen LogP contribution in [0.4, 0.5) is 0 Å². The Bertz CT molecular complexity index is 1050. The molecule has 1 saturated carbocycles. The van der Waals surface area contributed by atoms with Crippen molar-refractivity contribution in [1.82, 2.24) is 9.62 Å². The number of furan rings is 1. The van der Waals surface area contributed by atoms with Crippen LogP contribution in [0.2, 0.25) is 0 Å². The van der Waals surface area contributed by atoms with Gasteiger partial charge in [0, 0.05) is 30.1 Å². The number of benzene rings is 1. The highest BCUT2D eigenvalue weighted by Crippen LogP contribution is 2.32. The molecule has 1 aliphatic carbocycles. The van der Waals surface area contributed by atoms with Crippen molar-refractivity contribution in [2.45, 2.75) is 90.5 Å². The van der Waals surface area contributed by atoms with Crippen molar-refractivity contribution in [3.05, 3.63) is 29.5 Å². The van der Waals surface area contributed by atoms with Crippen LogP contribution in [0.5, 0.6) is 0 Å². The summed E-state index contributed by atoms with van der Waals surface area (Å²) >= 11 is 0. The Morgan fingerprint density at radius 2 is 1.79 bits per heavy atom. The molecule has 6 nitrogen and oxygen atoms in total. The number of carbonyl (C=O) groups is 1. The van der Waals surface area contributed by atoms with Crippen LogP contribution in [0.3, 0.4) is 0 Å². The zero-order valence-corrected chi connectivity index (χ0v) is 21.6. The molecule has 1 N–H and O–H groups in total. The largest absolute Gasteiger partial charge is 0.451 e. The molecule has 7 heteroatoms. The number of nitrogens with one attached hydrogen (secondary N) is 1. The van der Waals surface area contributed by atoms with E-state index in [-0.39, 0.29) is 22.6 Å². The van der Waals surface area contributed by atoms with Gasteiger partial charge in [0.25, 0.3) is 5.91 Å². The van der Waals surface area contributed by atoms with Crippen LogP contribution in [0.1, 0.15) is 88.8 Å². The zero-order valence-electron chi connectivity index (χ0n) is 20.8. The fourth-order valence-corrected chi connectivity index (χ4v) is 6.31. The molecule has 3 rings (SSSR count). The molecule has 1 aromatic carbocycles. The van der Waals surface area contributed by atoms with Crippen LogP contribution in [-0.4, -0.2) is 37.8 Å². The van der Waals surface area contributed by atoms with E-state index in [2.05, 4.69) is 33.0 Å². The van der Waals surface area contributed by atoms with E-state index in [1.54, 1.807) is 22.5 Å². The van der Waals surface area contributed by atoms with Crippen molar-refractivity contribution in [2.75, 3.05) is 13.1 Å². The van der Waals surface area contributed by atoms with Crippen LogP contribution in [-0.2, 0) is 10.0 Å². The summed E-state index contributed by atoms with van der Waals surface area (Å²) in [5.74, 6) is 1.06. The van der Waals surface area contributed by atoms with E-state index >= 15 is 0 Å². The third kappa shape index (κ3) is 5.62. The molecule has 1 heterocycles. The highest BCUT2D eigenvalue weighted by molar-refractivity contribution is 7.89. The number of aryl methyl sites for hydroxylation is 1. The lowest BCUT2D eigenvalue weighted by atomic mass is 9.78. The van der Waals surface area contributed by atoms with Crippen molar-refractivity contribution in [2.24, 2.45) is 11.8 Å². The molecule has 0 bridgehead atoms. The summed E-state index contributed by atoms with van der Waals surface area (Å²) < 4.78 is 34.3. The minimum Gasteiger partial charge on any atom is -0.451 e. The summed E-state index contributed by atoms with van der Waals surface area (Å²) in [7, 11) is -3.61. The van der Waals surface area contributed by atoms with Gasteiger partial charge in [-0.05, 0) is 56.2 Å². The summed E-state index contributed by atoms with van der Waals surface area (Å²) in [6, 6.07) is 5.07. The van der Waals surface area contributed by atoms with Gasteiger partial charge in [0.15, 0.2) is 5.76 Å². The maximum atomic E-state index is 13.4. The number of carbonyl (C=O) groups excluding carboxylic acids is 1. The van der Waals surface area contributed by atoms with E-state index in [1.807, 2.05) is 6.92 Å². The van der Waals surface area contributed by atoms with Gasteiger partial charge in [-0.2, -0.15) is 4.31 Å². The van der Waals surface area contributed by atoms with Crippen LogP contribution in [0.25, 0.3) is 11.0 Å². The van der Waals surface area contributed by atoms with Crippen LogP contribution >= 0.6 is 0 Å². The number of unbranched alkanes of at least 4 members (excludes halogenated alkanes) is 2. The average molecular weight is 477 g/mol. The molecule has 1 aliphatic rings. The zero-order chi connectivity index (χ0) is 24.2. The molecule has 0 saturated heterocycles. The molecule has 2 aromatic rings. The van der Waals surface area contributed by atoms with Crippen molar-refractivity contribution in [3.8, 4) is 0 Å². The second-order valence-electron chi connectivity index (χ2n) is 9.67. The van der Waals surface area contributed by atoms with Gasteiger partial charge in [-0.3, -0.25) is 4.79 Å². The molecular formula is C26H40N2O4S. The number of hydrogen-bond acceptors (Lipinski definition) is 4. The molecule has 0 radical (unpaired) electrons. The predicted octanol–water partition coefficient (Wildman–Crippen LogP) is 5.89. The van der Waals surface area contributed by atoms with Crippen molar-refractivity contribution >= 4 is 26.9 Å². The highest BCUT2D eigenvalue weighted by Gasteiger charge is 2.30. The SMILES string of the molecule is CCCCN(CCCC)S(=O)(=O)c1ccc2oc(C(=O)NC3CCCC(C)C3C)c(C)c2c1. The van der Waals surface area contributed by atoms with E-state index in [1.165, 1.54) is 6.42 Å². The van der Waals surface area contributed by atoms with E-state index in [0.29, 0.717) is 41.5 Å². The molecule has 1 amide bonds. The van der Waals surface area contributed by atoms with Crippen molar-refractivity contribution in [1.29, 1.82) is 0 Å². The Morgan fingerprint density at radius 1 is 1.12 bits per heavy atom.